The number of nitrogens with zero attached hydrogens (tertiary/aromatic N) is 3. The third-order valence-corrected chi connectivity index (χ3v) is 7.42. The summed E-state index contributed by atoms with van der Waals surface area (Å²) >= 11 is 0. The van der Waals surface area contributed by atoms with Crippen molar-refractivity contribution < 1.29 is 9.53 Å². The van der Waals surface area contributed by atoms with Crippen molar-refractivity contribution >= 4 is 11.8 Å². The molecular formula is C29H37N5O3. The second kappa shape index (κ2) is 11.2. The van der Waals surface area contributed by atoms with Gasteiger partial charge in [-0.25, -0.2) is 9.36 Å². The fraction of sp³-hybridized carbons (Fsp3) is 0.448. The first kappa shape index (κ1) is 26.4. The van der Waals surface area contributed by atoms with Crippen LogP contribution in [-0.2, 0) is 16.0 Å². The Labute approximate surface area is 218 Å². The molecule has 3 N–H and O–H groups in total. The quantitative estimate of drug-likeness (QED) is 0.266. The van der Waals surface area contributed by atoms with Gasteiger partial charge in [0.1, 0.15) is 17.8 Å². The van der Waals surface area contributed by atoms with Crippen LogP contribution < -0.4 is 11.4 Å². The highest BCUT2D eigenvalue weighted by Crippen LogP contribution is 2.35. The Morgan fingerprint density at radius 2 is 1.76 bits per heavy atom. The van der Waals surface area contributed by atoms with Crippen molar-refractivity contribution in [1.29, 1.82) is 5.41 Å². The molecule has 8 heteroatoms. The fourth-order valence-electron chi connectivity index (χ4n) is 5.25. The van der Waals surface area contributed by atoms with Gasteiger partial charge in [0.15, 0.2) is 0 Å². The van der Waals surface area contributed by atoms with E-state index in [4.69, 9.17) is 15.9 Å². The zero-order valence-electron chi connectivity index (χ0n) is 22.1. The van der Waals surface area contributed by atoms with E-state index in [0.29, 0.717) is 53.4 Å². The summed E-state index contributed by atoms with van der Waals surface area (Å²) in [6.07, 6.45) is 4.22. The van der Waals surface area contributed by atoms with Gasteiger partial charge < -0.3 is 10.5 Å². The number of amidine groups is 1. The number of nitrogen functional groups attached to an aromatic ring is 1. The molecule has 0 radical (unpaired) electrons. The van der Waals surface area contributed by atoms with Crippen molar-refractivity contribution in [3.05, 3.63) is 76.0 Å². The summed E-state index contributed by atoms with van der Waals surface area (Å²) in [4.78, 5) is 25.8. The Hall–Kier alpha value is -3.68. The molecule has 196 valence electrons. The maximum absolute atomic E-state index is 13.1. The van der Waals surface area contributed by atoms with Crippen LogP contribution in [0.5, 0.6) is 0 Å². The van der Waals surface area contributed by atoms with E-state index >= 15 is 0 Å². The second-order valence-corrected chi connectivity index (χ2v) is 10.6. The van der Waals surface area contributed by atoms with Crippen LogP contribution in [0, 0.1) is 30.1 Å². The number of benzene rings is 2. The highest BCUT2D eigenvalue weighted by atomic mass is 16.5. The van der Waals surface area contributed by atoms with Gasteiger partial charge in [-0.15, -0.1) is 5.10 Å². The number of esters is 1. The maximum atomic E-state index is 13.1. The van der Waals surface area contributed by atoms with Crippen LogP contribution >= 0.6 is 0 Å². The number of rotatable bonds is 8. The molecule has 8 nitrogen and oxygen atoms in total. The molecular weight excluding hydrogens is 466 g/mol. The molecule has 0 bridgehead atoms. The molecule has 1 aliphatic carbocycles. The number of aromatic nitrogens is 3. The van der Waals surface area contributed by atoms with Gasteiger partial charge in [0, 0.05) is 12.0 Å². The molecule has 1 fully saturated rings. The first-order valence-electron chi connectivity index (χ1n) is 13.1. The van der Waals surface area contributed by atoms with Gasteiger partial charge in [0.2, 0.25) is 0 Å². The minimum Gasteiger partial charge on any atom is -0.462 e. The van der Waals surface area contributed by atoms with Crippen LogP contribution in [0.15, 0.2) is 53.3 Å². The Balaban J connectivity index is 1.41. The summed E-state index contributed by atoms with van der Waals surface area (Å²) in [5.74, 6) is 1.92. The predicted molar refractivity (Wildman–Crippen MR) is 144 cm³/mol. The molecule has 1 saturated carbocycles. The minimum atomic E-state index is -0.286. The largest absolute Gasteiger partial charge is 0.462 e. The third-order valence-electron chi connectivity index (χ3n) is 7.42. The number of nitrogens with two attached hydrogens (primary N) is 1. The number of hydrogen-bond acceptors (Lipinski definition) is 5. The van der Waals surface area contributed by atoms with Crippen LogP contribution in [0.4, 0.5) is 0 Å². The molecule has 0 spiro atoms. The van der Waals surface area contributed by atoms with Gasteiger partial charge in [0.25, 0.3) is 0 Å². The highest BCUT2D eigenvalue weighted by molar-refractivity contribution is 5.95. The molecule has 3 aromatic rings. The standard InChI is InChI=1S/C29H37N5O3/c1-18(2)25-15-5-19(3)17-26(25)37-27(35)16-8-21-6-11-23(12-7-21)33-20(4)32-34(29(33)36)24-13-9-22(10-14-24)28(30)31/h6-7,9-14,18-19,25-26H,5,8,15-17H2,1-4H3,(H3,30,31). The van der Waals surface area contributed by atoms with E-state index in [9.17, 15) is 9.59 Å². The molecule has 4 rings (SSSR count). The number of nitrogens with one attached hydrogen (secondary N) is 1. The molecule has 0 saturated heterocycles. The van der Waals surface area contributed by atoms with Crippen molar-refractivity contribution in [3.8, 4) is 11.4 Å². The summed E-state index contributed by atoms with van der Waals surface area (Å²) in [7, 11) is 0. The lowest BCUT2D eigenvalue weighted by Gasteiger charge is -2.36. The number of hydrogen-bond donors (Lipinski definition) is 2. The molecule has 3 unspecified atom stereocenters. The van der Waals surface area contributed by atoms with E-state index in [0.717, 1.165) is 18.4 Å². The molecule has 2 aromatic carbocycles. The molecule has 1 aliphatic rings. The molecule has 3 atom stereocenters. The topological polar surface area (TPSA) is 116 Å². The maximum Gasteiger partial charge on any atom is 0.355 e. The van der Waals surface area contributed by atoms with Gasteiger partial charge >= 0.3 is 11.7 Å². The zero-order valence-corrected chi connectivity index (χ0v) is 22.1. The van der Waals surface area contributed by atoms with Gasteiger partial charge in [-0.05, 0) is 85.9 Å². The van der Waals surface area contributed by atoms with Gasteiger partial charge in [-0.2, -0.15) is 4.68 Å². The summed E-state index contributed by atoms with van der Waals surface area (Å²) in [5.41, 5.74) is 8.13. The normalized spacial score (nSPS) is 19.6. The smallest absolute Gasteiger partial charge is 0.355 e. The lowest BCUT2D eigenvalue weighted by atomic mass is 9.75. The lowest BCUT2D eigenvalue weighted by molar-refractivity contribution is -0.155. The van der Waals surface area contributed by atoms with Crippen molar-refractivity contribution in [3.63, 3.8) is 0 Å². The summed E-state index contributed by atoms with van der Waals surface area (Å²) in [6, 6.07) is 14.4. The average molecular weight is 504 g/mol. The van der Waals surface area contributed by atoms with Crippen molar-refractivity contribution in [2.75, 3.05) is 0 Å². The van der Waals surface area contributed by atoms with Gasteiger partial charge in [0.05, 0.1) is 11.4 Å². The van der Waals surface area contributed by atoms with Crippen LogP contribution in [0.25, 0.3) is 11.4 Å². The van der Waals surface area contributed by atoms with Crippen molar-refractivity contribution in [1.82, 2.24) is 14.3 Å². The lowest BCUT2D eigenvalue weighted by Crippen LogP contribution is -2.35. The van der Waals surface area contributed by atoms with Gasteiger partial charge in [-0.1, -0.05) is 39.3 Å². The number of carbonyl (C=O) groups excluding carboxylic acids is 1. The Morgan fingerprint density at radius 1 is 1.11 bits per heavy atom. The predicted octanol–water partition coefficient (Wildman–Crippen LogP) is 4.55. The number of carbonyl (C=O) groups is 1. The van der Waals surface area contributed by atoms with E-state index in [2.05, 4.69) is 25.9 Å². The Kier molecular flexibility index (Phi) is 7.95. The summed E-state index contributed by atoms with van der Waals surface area (Å²) < 4.78 is 8.81. The molecule has 0 aliphatic heterocycles. The van der Waals surface area contributed by atoms with E-state index < -0.39 is 0 Å². The Morgan fingerprint density at radius 3 is 2.38 bits per heavy atom. The van der Waals surface area contributed by atoms with Gasteiger partial charge in [-0.3, -0.25) is 10.2 Å². The first-order valence-corrected chi connectivity index (χ1v) is 13.1. The first-order chi connectivity index (χ1) is 17.6. The third kappa shape index (κ3) is 6.01. The van der Waals surface area contributed by atoms with Crippen molar-refractivity contribution in [2.45, 2.75) is 65.9 Å². The van der Waals surface area contributed by atoms with Crippen LogP contribution in [0.2, 0.25) is 0 Å². The van der Waals surface area contributed by atoms with Crippen LogP contribution in [0.3, 0.4) is 0 Å². The molecule has 1 aromatic heterocycles. The van der Waals surface area contributed by atoms with Crippen molar-refractivity contribution in [2.24, 2.45) is 23.5 Å². The number of aryl methyl sites for hydroxylation is 2. The second-order valence-electron chi connectivity index (χ2n) is 10.6. The highest BCUT2D eigenvalue weighted by Gasteiger charge is 2.33. The van der Waals surface area contributed by atoms with Crippen LogP contribution in [-0.4, -0.2) is 32.3 Å². The zero-order chi connectivity index (χ0) is 26.7. The number of ether oxygens (including phenoxy) is 1. The van der Waals surface area contributed by atoms with E-state index in [1.807, 2.05) is 24.3 Å². The SMILES string of the molecule is Cc1nn(-c2ccc(C(=N)N)cc2)c(=O)n1-c1ccc(CCC(=O)OC2CC(C)CCC2C(C)C)cc1. The average Bonchev–Trinajstić information content (AvgIpc) is 3.16. The molecule has 37 heavy (non-hydrogen) atoms. The molecule has 0 amide bonds. The summed E-state index contributed by atoms with van der Waals surface area (Å²) in [5, 5.41) is 11.9. The molecule has 1 heterocycles. The fourth-order valence-corrected chi connectivity index (χ4v) is 5.25. The Bertz CT molecular complexity index is 1300. The monoisotopic (exact) mass is 503 g/mol. The minimum absolute atomic E-state index is 0.0173. The summed E-state index contributed by atoms with van der Waals surface area (Å²) in [6.45, 7) is 8.44. The van der Waals surface area contributed by atoms with E-state index in [1.54, 1.807) is 35.8 Å². The van der Waals surface area contributed by atoms with E-state index in [-0.39, 0.29) is 23.6 Å². The van der Waals surface area contributed by atoms with Crippen LogP contribution in [0.1, 0.15) is 63.4 Å². The van der Waals surface area contributed by atoms with E-state index in [1.165, 1.54) is 11.1 Å².